The van der Waals surface area contributed by atoms with Crippen molar-refractivity contribution in [2.24, 2.45) is 0 Å². The lowest BCUT2D eigenvalue weighted by atomic mass is 10.0. The molecule has 0 aliphatic carbocycles. The Balaban J connectivity index is 2.15. The van der Waals surface area contributed by atoms with Crippen LogP contribution in [0.5, 0.6) is 0 Å². The van der Waals surface area contributed by atoms with Crippen LogP contribution in [0, 0.1) is 0 Å². The molecule has 0 spiro atoms. The summed E-state index contributed by atoms with van der Waals surface area (Å²) in [6, 6.07) is 3.59. The van der Waals surface area contributed by atoms with Gasteiger partial charge in [-0.05, 0) is 32.4 Å². The molecule has 5 nitrogen and oxygen atoms in total. The monoisotopic (exact) mass is 277 g/mol. The molecule has 2 heterocycles. The van der Waals surface area contributed by atoms with Crippen LogP contribution >= 0.6 is 0 Å². The molecule has 1 N–H and O–H groups in total. The van der Waals surface area contributed by atoms with Crippen LogP contribution < -0.4 is 5.32 Å². The van der Waals surface area contributed by atoms with E-state index in [-0.39, 0.29) is 11.4 Å². The molecule has 1 aromatic heterocycles. The number of rotatable bonds is 4. The largest absolute Gasteiger partial charge is 0.377 e. The number of carbonyl (C=O) groups is 1. The number of amides is 1. The van der Waals surface area contributed by atoms with Gasteiger partial charge < -0.3 is 15.0 Å². The molecule has 0 bridgehead atoms. The summed E-state index contributed by atoms with van der Waals surface area (Å²) < 4.78 is 5.46. The number of aromatic nitrogens is 1. The van der Waals surface area contributed by atoms with Gasteiger partial charge in [0.25, 0.3) is 5.91 Å². The van der Waals surface area contributed by atoms with Crippen LogP contribution in [-0.4, -0.2) is 47.6 Å². The quantitative estimate of drug-likeness (QED) is 0.916. The summed E-state index contributed by atoms with van der Waals surface area (Å²) in [7, 11) is 0. The van der Waals surface area contributed by atoms with E-state index in [1.807, 2.05) is 24.8 Å². The van der Waals surface area contributed by atoms with E-state index in [9.17, 15) is 4.79 Å². The van der Waals surface area contributed by atoms with Gasteiger partial charge >= 0.3 is 0 Å². The smallest absolute Gasteiger partial charge is 0.254 e. The van der Waals surface area contributed by atoms with E-state index < -0.39 is 0 Å². The van der Waals surface area contributed by atoms with Crippen LogP contribution in [0.4, 0.5) is 5.82 Å². The van der Waals surface area contributed by atoms with E-state index in [1.165, 1.54) is 0 Å². The highest BCUT2D eigenvalue weighted by Crippen LogP contribution is 2.22. The van der Waals surface area contributed by atoms with Gasteiger partial charge in [0.1, 0.15) is 5.82 Å². The fourth-order valence-corrected chi connectivity index (χ4v) is 2.30. The molecule has 1 aliphatic heterocycles. The average Bonchev–Trinajstić information content (AvgIpc) is 2.44. The third kappa shape index (κ3) is 3.28. The molecule has 0 aromatic carbocycles. The van der Waals surface area contributed by atoms with Crippen LogP contribution in [-0.2, 0) is 4.74 Å². The van der Waals surface area contributed by atoms with E-state index in [4.69, 9.17) is 4.74 Å². The minimum absolute atomic E-state index is 0.0419. The molecule has 2 rings (SSSR count). The first-order valence-electron chi connectivity index (χ1n) is 7.14. The van der Waals surface area contributed by atoms with Crippen LogP contribution in [0.3, 0.4) is 0 Å². The summed E-state index contributed by atoms with van der Waals surface area (Å²) in [4.78, 5) is 18.8. The van der Waals surface area contributed by atoms with Crippen molar-refractivity contribution in [3.05, 3.63) is 23.9 Å². The second-order valence-corrected chi connectivity index (χ2v) is 5.68. The van der Waals surface area contributed by atoms with Crippen molar-refractivity contribution in [3.63, 3.8) is 0 Å². The summed E-state index contributed by atoms with van der Waals surface area (Å²) in [6.45, 7) is 8.81. The molecule has 0 atom stereocenters. The summed E-state index contributed by atoms with van der Waals surface area (Å²) in [5.41, 5.74) is 0.406. The molecular weight excluding hydrogens is 254 g/mol. The van der Waals surface area contributed by atoms with Crippen molar-refractivity contribution >= 4 is 11.7 Å². The molecule has 0 radical (unpaired) electrons. The number of pyridine rings is 1. The molecule has 0 saturated carbocycles. The van der Waals surface area contributed by atoms with Gasteiger partial charge in [0.15, 0.2) is 0 Å². The van der Waals surface area contributed by atoms with Crippen molar-refractivity contribution < 1.29 is 9.53 Å². The third-order valence-electron chi connectivity index (χ3n) is 3.45. The predicted molar refractivity (Wildman–Crippen MR) is 79.0 cm³/mol. The number of ether oxygens (including phenoxy) is 1. The van der Waals surface area contributed by atoms with E-state index in [0.717, 1.165) is 18.8 Å². The summed E-state index contributed by atoms with van der Waals surface area (Å²) in [5, 5.41) is 3.21. The highest BCUT2D eigenvalue weighted by Gasteiger charge is 2.34. The minimum atomic E-state index is -0.268. The lowest BCUT2D eigenvalue weighted by Gasteiger charge is -2.42. The Hall–Kier alpha value is -1.62. The highest BCUT2D eigenvalue weighted by atomic mass is 16.5. The fraction of sp³-hybridized carbons (Fsp3) is 0.600. The minimum Gasteiger partial charge on any atom is -0.377 e. The maximum atomic E-state index is 12.7. The Bertz CT molecular complexity index is 474. The summed E-state index contributed by atoms with van der Waals surface area (Å²) >= 11 is 0. The highest BCUT2D eigenvalue weighted by molar-refractivity contribution is 5.95. The van der Waals surface area contributed by atoms with Gasteiger partial charge in [0, 0.05) is 24.8 Å². The lowest BCUT2D eigenvalue weighted by Crippen LogP contribution is -2.55. The SMILES string of the molecule is CCCNc1cc(C(=O)N2CCOCC2(C)C)ccn1. The van der Waals surface area contributed by atoms with Gasteiger partial charge in [-0.15, -0.1) is 0 Å². The van der Waals surface area contributed by atoms with E-state index >= 15 is 0 Å². The second-order valence-electron chi connectivity index (χ2n) is 5.68. The van der Waals surface area contributed by atoms with E-state index in [2.05, 4.69) is 17.2 Å². The number of nitrogens with one attached hydrogen (secondary N) is 1. The predicted octanol–water partition coefficient (Wildman–Crippen LogP) is 2.15. The molecule has 20 heavy (non-hydrogen) atoms. The first kappa shape index (κ1) is 14.8. The average molecular weight is 277 g/mol. The first-order valence-corrected chi connectivity index (χ1v) is 7.14. The van der Waals surface area contributed by atoms with Gasteiger partial charge in [-0.1, -0.05) is 6.92 Å². The zero-order chi connectivity index (χ0) is 14.6. The third-order valence-corrected chi connectivity index (χ3v) is 3.45. The Morgan fingerprint density at radius 1 is 1.55 bits per heavy atom. The van der Waals surface area contributed by atoms with Crippen LogP contribution in [0.2, 0.25) is 0 Å². The number of morpholine rings is 1. The Kier molecular flexibility index (Phi) is 4.60. The molecule has 0 unspecified atom stereocenters. The fourth-order valence-electron chi connectivity index (χ4n) is 2.30. The number of carbonyl (C=O) groups excluding carboxylic acids is 1. The van der Waals surface area contributed by atoms with Gasteiger partial charge in [-0.25, -0.2) is 4.98 Å². The van der Waals surface area contributed by atoms with Crippen molar-refractivity contribution in [2.75, 3.05) is 31.6 Å². The van der Waals surface area contributed by atoms with Crippen LogP contribution in [0.25, 0.3) is 0 Å². The van der Waals surface area contributed by atoms with Gasteiger partial charge in [-0.3, -0.25) is 4.79 Å². The van der Waals surface area contributed by atoms with Crippen molar-refractivity contribution in [1.82, 2.24) is 9.88 Å². The maximum Gasteiger partial charge on any atom is 0.254 e. The Labute approximate surface area is 120 Å². The van der Waals surface area contributed by atoms with Crippen LogP contribution in [0.1, 0.15) is 37.6 Å². The number of nitrogens with zero attached hydrogens (tertiary/aromatic N) is 2. The van der Waals surface area contributed by atoms with Gasteiger partial charge in [0.05, 0.1) is 18.8 Å². The van der Waals surface area contributed by atoms with Crippen molar-refractivity contribution in [1.29, 1.82) is 0 Å². The summed E-state index contributed by atoms with van der Waals surface area (Å²) in [5.74, 6) is 0.795. The molecule has 1 saturated heterocycles. The standard InChI is InChI=1S/C15H23N3O2/c1-4-6-16-13-10-12(5-7-17-13)14(19)18-8-9-20-11-15(18,2)3/h5,7,10H,4,6,8-9,11H2,1-3H3,(H,16,17). The molecule has 1 aliphatic rings. The molecule has 110 valence electrons. The summed E-state index contributed by atoms with van der Waals surface area (Å²) in [6.07, 6.45) is 2.70. The van der Waals surface area contributed by atoms with Crippen molar-refractivity contribution in [2.45, 2.75) is 32.7 Å². The van der Waals surface area contributed by atoms with E-state index in [1.54, 1.807) is 12.3 Å². The Morgan fingerprint density at radius 2 is 2.35 bits per heavy atom. The van der Waals surface area contributed by atoms with Gasteiger partial charge in [0.2, 0.25) is 0 Å². The molecule has 1 aromatic rings. The Morgan fingerprint density at radius 3 is 3.05 bits per heavy atom. The molecule has 5 heteroatoms. The molecule has 1 amide bonds. The number of anilines is 1. The second kappa shape index (κ2) is 6.22. The molecular formula is C15H23N3O2. The van der Waals surface area contributed by atoms with E-state index in [0.29, 0.717) is 25.3 Å². The molecule has 1 fully saturated rings. The maximum absolute atomic E-state index is 12.7. The van der Waals surface area contributed by atoms with Gasteiger partial charge in [-0.2, -0.15) is 0 Å². The number of hydrogen-bond acceptors (Lipinski definition) is 4. The number of hydrogen-bond donors (Lipinski definition) is 1. The lowest BCUT2D eigenvalue weighted by molar-refractivity contribution is -0.0370. The zero-order valence-corrected chi connectivity index (χ0v) is 12.5. The zero-order valence-electron chi connectivity index (χ0n) is 12.5. The normalized spacial score (nSPS) is 17.9. The van der Waals surface area contributed by atoms with Crippen LogP contribution in [0.15, 0.2) is 18.3 Å². The topological polar surface area (TPSA) is 54.5 Å². The van der Waals surface area contributed by atoms with Crippen molar-refractivity contribution in [3.8, 4) is 0 Å². The first-order chi connectivity index (χ1) is 9.54.